The molecule has 0 bridgehead atoms. The molecular formula is C12H18O. The van der Waals surface area contributed by atoms with Gasteiger partial charge in [0.15, 0.2) is 0 Å². The summed E-state index contributed by atoms with van der Waals surface area (Å²) < 4.78 is 0. The topological polar surface area (TPSA) is 17.1 Å². The average molecular weight is 178 g/mol. The SMILES string of the molecule is C[C@H]1[C@H]2CCC[C@@]23CCCC(=O)[C@@H]13. The third kappa shape index (κ3) is 0.769. The van der Waals surface area contributed by atoms with Gasteiger partial charge in [0.2, 0.25) is 0 Å². The molecule has 3 aliphatic carbocycles. The van der Waals surface area contributed by atoms with Gasteiger partial charge in [-0.3, -0.25) is 4.79 Å². The summed E-state index contributed by atoms with van der Waals surface area (Å²) in [4.78, 5) is 11.8. The summed E-state index contributed by atoms with van der Waals surface area (Å²) in [6.07, 6.45) is 7.57. The number of Topliss-reactive ketones (excluding diaryl/α,β-unsaturated/α-hetero) is 1. The quantitative estimate of drug-likeness (QED) is 0.557. The van der Waals surface area contributed by atoms with E-state index in [1.54, 1.807) is 0 Å². The number of carbonyl (C=O) groups is 1. The van der Waals surface area contributed by atoms with E-state index in [0.717, 1.165) is 18.3 Å². The van der Waals surface area contributed by atoms with Gasteiger partial charge < -0.3 is 0 Å². The molecule has 0 aliphatic heterocycles. The third-order valence-corrected chi connectivity index (χ3v) is 5.09. The lowest BCUT2D eigenvalue weighted by Gasteiger charge is -2.59. The normalized spacial score (nSPS) is 53.9. The predicted octanol–water partition coefficient (Wildman–Crippen LogP) is 2.79. The van der Waals surface area contributed by atoms with Gasteiger partial charge in [0.1, 0.15) is 5.78 Å². The van der Waals surface area contributed by atoms with E-state index < -0.39 is 0 Å². The molecule has 0 heterocycles. The van der Waals surface area contributed by atoms with Gasteiger partial charge in [-0.15, -0.1) is 0 Å². The molecule has 1 nitrogen and oxygen atoms in total. The van der Waals surface area contributed by atoms with Gasteiger partial charge in [0, 0.05) is 12.3 Å². The maximum atomic E-state index is 11.8. The summed E-state index contributed by atoms with van der Waals surface area (Å²) in [7, 11) is 0. The number of hydrogen-bond acceptors (Lipinski definition) is 1. The molecule has 0 amide bonds. The molecular weight excluding hydrogens is 160 g/mol. The van der Waals surface area contributed by atoms with Crippen molar-refractivity contribution in [2.45, 2.75) is 45.4 Å². The fraction of sp³-hybridized carbons (Fsp3) is 0.917. The van der Waals surface area contributed by atoms with Crippen molar-refractivity contribution < 1.29 is 4.79 Å². The van der Waals surface area contributed by atoms with E-state index in [2.05, 4.69) is 6.92 Å². The van der Waals surface area contributed by atoms with Crippen LogP contribution in [0.15, 0.2) is 0 Å². The Bertz CT molecular complexity index is 258. The lowest BCUT2D eigenvalue weighted by atomic mass is 9.44. The average Bonchev–Trinajstić information content (AvgIpc) is 2.43. The molecule has 0 aromatic carbocycles. The van der Waals surface area contributed by atoms with Crippen molar-refractivity contribution >= 4 is 5.78 Å². The first kappa shape index (κ1) is 8.02. The minimum atomic E-state index is 0.480. The van der Waals surface area contributed by atoms with Crippen LogP contribution in [0.25, 0.3) is 0 Å². The van der Waals surface area contributed by atoms with Gasteiger partial charge >= 0.3 is 0 Å². The second kappa shape index (κ2) is 2.37. The summed E-state index contributed by atoms with van der Waals surface area (Å²) in [5, 5.41) is 0. The summed E-state index contributed by atoms with van der Waals surface area (Å²) in [6.45, 7) is 2.31. The van der Waals surface area contributed by atoms with E-state index in [-0.39, 0.29) is 0 Å². The number of ketones is 1. The van der Waals surface area contributed by atoms with Crippen LogP contribution in [0.5, 0.6) is 0 Å². The molecule has 1 heteroatoms. The highest BCUT2D eigenvalue weighted by atomic mass is 16.1. The molecule has 3 fully saturated rings. The van der Waals surface area contributed by atoms with Gasteiger partial charge in [0.05, 0.1) is 0 Å². The molecule has 72 valence electrons. The zero-order chi connectivity index (χ0) is 9.05. The minimum Gasteiger partial charge on any atom is -0.299 e. The first-order valence-electron chi connectivity index (χ1n) is 5.78. The summed E-state index contributed by atoms with van der Waals surface area (Å²) in [5.41, 5.74) is 0.523. The van der Waals surface area contributed by atoms with Crippen molar-refractivity contribution in [3.05, 3.63) is 0 Å². The van der Waals surface area contributed by atoms with Crippen LogP contribution < -0.4 is 0 Å². The van der Waals surface area contributed by atoms with Crippen LogP contribution in [-0.4, -0.2) is 5.78 Å². The molecule has 4 atom stereocenters. The smallest absolute Gasteiger partial charge is 0.136 e. The summed E-state index contributed by atoms with van der Waals surface area (Å²) in [5.74, 6) is 2.71. The zero-order valence-corrected chi connectivity index (χ0v) is 8.38. The molecule has 0 aromatic rings. The Kier molecular flexibility index (Phi) is 1.46. The lowest BCUT2D eigenvalue weighted by molar-refractivity contribution is -0.160. The Labute approximate surface area is 79.9 Å². The molecule has 3 saturated carbocycles. The summed E-state index contributed by atoms with van der Waals surface area (Å²) in [6, 6.07) is 0. The van der Waals surface area contributed by atoms with E-state index in [0.29, 0.717) is 17.1 Å². The predicted molar refractivity (Wildman–Crippen MR) is 51.3 cm³/mol. The molecule has 0 unspecified atom stereocenters. The van der Waals surface area contributed by atoms with Crippen molar-refractivity contribution in [3.63, 3.8) is 0 Å². The van der Waals surface area contributed by atoms with Crippen molar-refractivity contribution in [2.75, 3.05) is 0 Å². The minimum absolute atomic E-state index is 0.480. The van der Waals surface area contributed by atoms with Gasteiger partial charge in [-0.2, -0.15) is 0 Å². The summed E-state index contributed by atoms with van der Waals surface area (Å²) >= 11 is 0. The highest BCUT2D eigenvalue weighted by Gasteiger charge is 2.64. The molecule has 0 saturated heterocycles. The fourth-order valence-corrected chi connectivity index (χ4v) is 4.76. The van der Waals surface area contributed by atoms with Gasteiger partial charge in [-0.25, -0.2) is 0 Å². The second-order valence-electron chi connectivity index (χ2n) is 5.39. The number of rotatable bonds is 0. The molecule has 0 radical (unpaired) electrons. The molecule has 3 rings (SSSR count). The standard InChI is InChI=1S/C12H18O/c1-8-9-4-2-6-12(9)7-3-5-10(13)11(8)12/h8-9,11H,2-7H2,1H3/t8-,9+,11+,12+/m0/s1. The highest BCUT2D eigenvalue weighted by molar-refractivity contribution is 5.84. The maximum absolute atomic E-state index is 11.8. The van der Waals surface area contributed by atoms with Crippen LogP contribution in [-0.2, 0) is 4.79 Å². The maximum Gasteiger partial charge on any atom is 0.136 e. The molecule has 0 aromatic heterocycles. The van der Waals surface area contributed by atoms with Crippen molar-refractivity contribution in [1.82, 2.24) is 0 Å². The van der Waals surface area contributed by atoms with E-state index in [9.17, 15) is 4.79 Å². The molecule has 3 aliphatic rings. The lowest BCUT2D eigenvalue weighted by Crippen LogP contribution is -2.58. The monoisotopic (exact) mass is 178 g/mol. The first-order chi connectivity index (χ1) is 6.26. The molecule has 0 N–H and O–H groups in total. The molecule has 1 spiro atoms. The van der Waals surface area contributed by atoms with Crippen molar-refractivity contribution in [1.29, 1.82) is 0 Å². The largest absolute Gasteiger partial charge is 0.299 e. The van der Waals surface area contributed by atoms with E-state index in [1.165, 1.54) is 32.1 Å². The van der Waals surface area contributed by atoms with Crippen LogP contribution in [0.4, 0.5) is 0 Å². The van der Waals surface area contributed by atoms with E-state index in [1.807, 2.05) is 0 Å². The van der Waals surface area contributed by atoms with Crippen LogP contribution >= 0.6 is 0 Å². The first-order valence-corrected chi connectivity index (χ1v) is 5.78. The Morgan fingerprint density at radius 1 is 1.31 bits per heavy atom. The molecule has 13 heavy (non-hydrogen) atoms. The Morgan fingerprint density at radius 3 is 2.92 bits per heavy atom. The van der Waals surface area contributed by atoms with Crippen LogP contribution in [0.1, 0.15) is 45.4 Å². The van der Waals surface area contributed by atoms with Crippen LogP contribution in [0.2, 0.25) is 0 Å². The highest BCUT2D eigenvalue weighted by Crippen LogP contribution is 2.68. The van der Waals surface area contributed by atoms with Crippen LogP contribution in [0, 0.1) is 23.2 Å². The van der Waals surface area contributed by atoms with Gasteiger partial charge in [-0.05, 0) is 42.9 Å². The van der Waals surface area contributed by atoms with E-state index in [4.69, 9.17) is 0 Å². The third-order valence-electron chi connectivity index (χ3n) is 5.09. The Hall–Kier alpha value is -0.330. The zero-order valence-electron chi connectivity index (χ0n) is 8.38. The van der Waals surface area contributed by atoms with Gasteiger partial charge in [-0.1, -0.05) is 13.3 Å². The number of carbonyl (C=O) groups excluding carboxylic acids is 1. The van der Waals surface area contributed by atoms with Crippen LogP contribution in [0.3, 0.4) is 0 Å². The second-order valence-corrected chi connectivity index (χ2v) is 5.39. The number of hydrogen-bond donors (Lipinski definition) is 0. The van der Waals surface area contributed by atoms with E-state index >= 15 is 0 Å². The van der Waals surface area contributed by atoms with Crippen molar-refractivity contribution in [2.24, 2.45) is 23.2 Å². The Balaban J connectivity index is 1.96. The Morgan fingerprint density at radius 2 is 2.08 bits per heavy atom. The van der Waals surface area contributed by atoms with Crippen molar-refractivity contribution in [3.8, 4) is 0 Å². The van der Waals surface area contributed by atoms with Gasteiger partial charge in [0.25, 0.3) is 0 Å². The fourth-order valence-electron chi connectivity index (χ4n) is 4.76.